The lowest BCUT2D eigenvalue weighted by Gasteiger charge is -2.34. The number of hydrogen-bond acceptors (Lipinski definition) is 8. The van der Waals surface area contributed by atoms with Crippen LogP contribution in [0, 0.1) is 0 Å². The molecule has 0 aromatic carbocycles. The van der Waals surface area contributed by atoms with Gasteiger partial charge in [0.2, 0.25) is 10.2 Å². The number of carbonyl (C=O) groups excluding carboxylic acids is 1. The molecular weight excluding hydrogens is 378 g/mol. The summed E-state index contributed by atoms with van der Waals surface area (Å²) in [6, 6.07) is 1.28. The van der Waals surface area contributed by atoms with E-state index in [9.17, 15) is 13.2 Å². The molecule has 2 aromatic rings. The van der Waals surface area contributed by atoms with Crippen molar-refractivity contribution < 1.29 is 17.6 Å². The van der Waals surface area contributed by atoms with Crippen LogP contribution in [0.3, 0.4) is 0 Å². The standard InChI is InChI=1S/C15H21N5O4S2/c1-4-12-16-15(25-17-12)20-7-5-19(6-8-20)14(21)11-9-13(24-10-11)26(22,23)18(2)3/h9-10H,4-8H2,1-3H3. The molecule has 9 nitrogen and oxygen atoms in total. The molecule has 0 atom stereocenters. The summed E-state index contributed by atoms with van der Waals surface area (Å²) in [7, 11) is -0.866. The molecule has 0 unspecified atom stereocenters. The Morgan fingerprint density at radius 3 is 2.58 bits per heavy atom. The van der Waals surface area contributed by atoms with Crippen molar-refractivity contribution in [2.75, 3.05) is 45.2 Å². The van der Waals surface area contributed by atoms with Crippen LogP contribution in [0.1, 0.15) is 23.1 Å². The fraction of sp³-hybridized carbons (Fsp3) is 0.533. The summed E-state index contributed by atoms with van der Waals surface area (Å²) < 4.78 is 34.6. The molecule has 142 valence electrons. The maximum Gasteiger partial charge on any atom is 0.275 e. The molecule has 3 rings (SSSR count). The first-order chi connectivity index (χ1) is 12.3. The molecule has 2 aromatic heterocycles. The summed E-state index contributed by atoms with van der Waals surface area (Å²) >= 11 is 1.37. The zero-order chi connectivity index (χ0) is 18.9. The number of piperazine rings is 1. The van der Waals surface area contributed by atoms with E-state index in [1.54, 1.807) is 4.90 Å². The minimum atomic E-state index is -3.69. The fourth-order valence-corrected chi connectivity index (χ4v) is 4.15. The molecule has 0 bridgehead atoms. The molecule has 11 heteroatoms. The summed E-state index contributed by atoms with van der Waals surface area (Å²) in [5, 5.41) is 0.641. The van der Waals surface area contributed by atoms with Crippen LogP contribution in [0.4, 0.5) is 5.13 Å². The highest BCUT2D eigenvalue weighted by Gasteiger charge is 2.28. The maximum atomic E-state index is 12.6. The number of carbonyl (C=O) groups is 1. The third kappa shape index (κ3) is 3.60. The van der Waals surface area contributed by atoms with Gasteiger partial charge in [-0.25, -0.2) is 17.7 Å². The van der Waals surface area contributed by atoms with E-state index in [1.165, 1.54) is 38.0 Å². The van der Waals surface area contributed by atoms with Crippen LogP contribution in [-0.2, 0) is 16.4 Å². The molecule has 3 heterocycles. The van der Waals surface area contributed by atoms with Crippen molar-refractivity contribution in [2.45, 2.75) is 18.4 Å². The van der Waals surface area contributed by atoms with Crippen molar-refractivity contribution in [1.82, 2.24) is 18.6 Å². The van der Waals surface area contributed by atoms with Crippen LogP contribution < -0.4 is 4.90 Å². The van der Waals surface area contributed by atoms with Crippen LogP contribution in [-0.4, -0.2) is 73.2 Å². The average molecular weight is 399 g/mol. The van der Waals surface area contributed by atoms with Crippen molar-refractivity contribution in [3.63, 3.8) is 0 Å². The van der Waals surface area contributed by atoms with Gasteiger partial charge in [0.05, 0.1) is 5.56 Å². The number of sulfonamides is 1. The van der Waals surface area contributed by atoms with E-state index < -0.39 is 10.0 Å². The summed E-state index contributed by atoms with van der Waals surface area (Å²) in [6.07, 6.45) is 2.00. The number of aromatic nitrogens is 2. The molecule has 1 amide bonds. The second kappa shape index (κ2) is 7.33. The Morgan fingerprint density at radius 2 is 2.00 bits per heavy atom. The highest BCUT2D eigenvalue weighted by molar-refractivity contribution is 7.88. The van der Waals surface area contributed by atoms with Gasteiger partial charge >= 0.3 is 0 Å². The van der Waals surface area contributed by atoms with Gasteiger partial charge in [-0.2, -0.15) is 4.37 Å². The van der Waals surface area contributed by atoms with Crippen molar-refractivity contribution in [3.8, 4) is 0 Å². The molecule has 0 radical (unpaired) electrons. The Kier molecular flexibility index (Phi) is 5.30. The minimum Gasteiger partial charge on any atom is -0.451 e. The topological polar surface area (TPSA) is 99.8 Å². The first-order valence-corrected chi connectivity index (χ1v) is 10.4. The SMILES string of the molecule is CCc1nsc(N2CCN(C(=O)c3coc(S(=O)(=O)N(C)C)c3)CC2)n1. The summed E-state index contributed by atoms with van der Waals surface area (Å²) in [5.74, 6) is 0.594. The fourth-order valence-electron chi connectivity index (χ4n) is 2.54. The lowest BCUT2D eigenvalue weighted by Crippen LogP contribution is -2.48. The van der Waals surface area contributed by atoms with E-state index in [0.29, 0.717) is 26.2 Å². The third-order valence-electron chi connectivity index (χ3n) is 4.17. The van der Waals surface area contributed by atoms with E-state index in [1.807, 2.05) is 6.92 Å². The quantitative estimate of drug-likeness (QED) is 0.736. The highest BCUT2D eigenvalue weighted by Crippen LogP contribution is 2.21. The number of rotatable bonds is 5. The second-order valence-corrected chi connectivity index (χ2v) is 8.88. The van der Waals surface area contributed by atoms with Crippen LogP contribution in [0.25, 0.3) is 0 Å². The number of nitrogens with zero attached hydrogens (tertiary/aromatic N) is 5. The molecule has 26 heavy (non-hydrogen) atoms. The highest BCUT2D eigenvalue weighted by atomic mass is 32.2. The van der Waals surface area contributed by atoms with E-state index in [-0.39, 0.29) is 16.6 Å². The predicted octanol–water partition coefficient (Wildman–Crippen LogP) is 0.906. The van der Waals surface area contributed by atoms with Gasteiger partial charge in [-0.05, 0) is 0 Å². The van der Waals surface area contributed by atoms with Gasteiger partial charge in [-0.3, -0.25) is 4.79 Å². The Morgan fingerprint density at radius 1 is 1.31 bits per heavy atom. The molecule has 0 N–H and O–H groups in total. The minimum absolute atomic E-state index is 0.231. The zero-order valence-electron chi connectivity index (χ0n) is 14.9. The van der Waals surface area contributed by atoms with Crippen LogP contribution in [0.2, 0.25) is 0 Å². The van der Waals surface area contributed by atoms with Crippen molar-refractivity contribution >= 4 is 32.6 Å². The first kappa shape index (κ1) is 18.8. The van der Waals surface area contributed by atoms with Crippen LogP contribution in [0.15, 0.2) is 21.8 Å². The third-order valence-corrected chi connectivity index (χ3v) is 6.67. The monoisotopic (exact) mass is 399 g/mol. The lowest BCUT2D eigenvalue weighted by molar-refractivity contribution is 0.0746. The van der Waals surface area contributed by atoms with Gasteiger partial charge in [0.1, 0.15) is 12.1 Å². The first-order valence-electron chi connectivity index (χ1n) is 8.20. The van der Waals surface area contributed by atoms with Gasteiger partial charge in [0.25, 0.3) is 15.9 Å². The molecule has 0 aliphatic carbocycles. The number of amides is 1. The Bertz CT molecular complexity index is 881. The van der Waals surface area contributed by atoms with Crippen molar-refractivity contribution in [1.29, 1.82) is 0 Å². The lowest BCUT2D eigenvalue weighted by atomic mass is 10.2. The Labute approximate surface area is 156 Å². The summed E-state index contributed by atoms with van der Waals surface area (Å²) in [4.78, 5) is 20.9. The summed E-state index contributed by atoms with van der Waals surface area (Å²) in [6.45, 7) is 4.38. The zero-order valence-corrected chi connectivity index (χ0v) is 16.5. The van der Waals surface area contributed by atoms with E-state index in [4.69, 9.17) is 4.42 Å². The van der Waals surface area contributed by atoms with Crippen molar-refractivity contribution in [3.05, 3.63) is 23.7 Å². The van der Waals surface area contributed by atoms with E-state index >= 15 is 0 Å². The number of aryl methyl sites for hydroxylation is 1. The molecule has 1 fully saturated rings. The van der Waals surface area contributed by atoms with Gasteiger partial charge in [0, 0.05) is 64.3 Å². The molecule has 0 spiro atoms. The summed E-state index contributed by atoms with van der Waals surface area (Å²) in [5.41, 5.74) is 0.239. The van der Waals surface area contributed by atoms with Crippen molar-refractivity contribution in [2.24, 2.45) is 0 Å². The second-order valence-electron chi connectivity index (χ2n) is 6.07. The van der Waals surface area contributed by atoms with Crippen LogP contribution in [0.5, 0.6) is 0 Å². The largest absolute Gasteiger partial charge is 0.451 e. The predicted molar refractivity (Wildman–Crippen MR) is 97.0 cm³/mol. The number of furan rings is 1. The maximum absolute atomic E-state index is 12.6. The van der Waals surface area contributed by atoms with Gasteiger partial charge in [-0.1, -0.05) is 6.92 Å². The number of hydrogen-bond donors (Lipinski definition) is 0. The average Bonchev–Trinajstić information content (AvgIpc) is 3.31. The Hall–Kier alpha value is -1.98. The normalized spacial score (nSPS) is 15.7. The van der Waals surface area contributed by atoms with Gasteiger partial charge in [0.15, 0.2) is 0 Å². The van der Waals surface area contributed by atoms with Crippen LogP contribution >= 0.6 is 11.5 Å². The molecule has 1 aliphatic heterocycles. The van der Waals surface area contributed by atoms with E-state index in [0.717, 1.165) is 21.7 Å². The molecule has 0 saturated carbocycles. The molecule has 1 aliphatic rings. The Balaban J connectivity index is 1.65. The van der Waals surface area contributed by atoms with Gasteiger partial charge < -0.3 is 14.2 Å². The smallest absolute Gasteiger partial charge is 0.275 e. The van der Waals surface area contributed by atoms with Gasteiger partial charge in [-0.15, -0.1) is 0 Å². The molecule has 1 saturated heterocycles. The molecular formula is C15H21N5O4S2. The number of anilines is 1. The van der Waals surface area contributed by atoms with E-state index in [2.05, 4.69) is 14.3 Å².